The van der Waals surface area contributed by atoms with E-state index in [1.54, 1.807) is 36.8 Å². The largest absolute Gasteiger partial charge is 0.332 e. The molecule has 0 bridgehead atoms. The second kappa shape index (κ2) is 7.49. The monoisotopic (exact) mass is 378 g/mol. The maximum absolute atomic E-state index is 12.6. The summed E-state index contributed by atoms with van der Waals surface area (Å²) in [6.45, 7) is 0.398. The first kappa shape index (κ1) is 17.8. The summed E-state index contributed by atoms with van der Waals surface area (Å²) in [6, 6.07) is 7.78. The van der Waals surface area contributed by atoms with Crippen LogP contribution in [-0.4, -0.2) is 24.4 Å². The van der Waals surface area contributed by atoms with Gasteiger partial charge in [-0.05, 0) is 29.9 Å². The molecule has 0 amide bonds. The third-order valence-electron chi connectivity index (χ3n) is 4.03. The van der Waals surface area contributed by atoms with Crippen molar-refractivity contribution in [2.75, 3.05) is 5.75 Å². The highest BCUT2D eigenvalue weighted by molar-refractivity contribution is 7.98. The number of hydrogen-bond donors (Lipinski definition) is 0. The molecule has 2 aromatic heterocycles. The molecule has 0 N–H and O–H groups in total. The number of halogens is 1. The highest BCUT2D eigenvalue weighted by atomic mass is 35.5. The maximum Gasteiger partial charge on any atom is 0.332 e. The van der Waals surface area contributed by atoms with Crippen molar-refractivity contribution in [1.82, 2.24) is 18.7 Å². The van der Waals surface area contributed by atoms with Gasteiger partial charge < -0.3 is 4.57 Å². The zero-order valence-corrected chi connectivity index (χ0v) is 15.7. The minimum absolute atomic E-state index is 0.280. The third kappa shape index (κ3) is 3.67. The molecule has 0 fully saturated rings. The predicted molar refractivity (Wildman–Crippen MR) is 102 cm³/mol. The van der Waals surface area contributed by atoms with Crippen LogP contribution in [0.2, 0.25) is 5.02 Å². The molecule has 0 aliphatic carbocycles. The Labute approximate surface area is 154 Å². The second-order valence-electron chi connectivity index (χ2n) is 5.86. The Kier molecular flexibility index (Phi) is 5.34. The zero-order chi connectivity index (χ0) is 18.0. The topological polar surface area (TPSA) is 61.8 Å². The van der Waals surface area contributed by atoms with Gasteiger partial charge in [0.2, 0.25) is 0 Å². The van der Waals surface area contributed by atoms with Crippen LogP contribution in [0.4, 0.5) is 0 Å². The molecule has 25 heavy (non-hydrogen) atoms. The van der Waals surface area contributed by atoms with Crippen LogP contribution in [0.3, 0.4) is 0 Å². The summed E-state index contributed by atoms with van der Waals surface area (Å²) in [5.74, 6) is 1.71. The number of thioether (sulfide) groups is 1. The van der Waals surface area contributed by atoms with E-state index in [0.717, 1.165) is 22.9 Å². The Balaban J connectivity index is 1.66. The summed E-state index contributed by atoms with van der Waals surface area (Å²) < 4.78 is 4.38. The summed E-state index contributed by atoms with van der Waals surface area (Å²) in [5, 5.41) is 0.734. The van der Waals surface area contributed by atoms with Gasteiger partial charge in [-0.25, -0.2) is 9.78 Å². The standard InChI is InChI=1S/C17H19ClN4O2S/c1-20-11-19-15-14(20)16(23)22(17(24)21(15)2)7-4-8-25-10-12-5-3-6-13(18)9-12/h3,5-6,9,11H,4,7-8,10H2,1-2H3. The van der Waals surface area contributed by atoms with E-state index in [-0.39, 0.29) is 11.2 Å². The lowest BCUT2D eigenvalue weighted by Gasteiger charge is -2.08. The van der Waals surface area contributed by atoms with Crippen LogP contribution in [0.25, 0.3) is 11.2 Å². The average Bonchev–Trinajstić information content (AvgIpc) is 2.97. The fraction of sp³-hybridized carbons (Fsp3) is 0.353. The number of nitrogens with zero attached hydrogens (tertiary/aromatic N) is 4. The first-order chi connectivity index (χ1) is 12.0. The van der Waals surface area contributed by atoms with E-state index in [2.05, 4.69) is 4.98 Å². The predicted octanol–water partition coefficient (Wildman–Crippen LogP) is 2.41. The van der Waals surface area contributed by atoms with Crippen molar-refractivity contribution in [2.24, 2.45) is 14.1 Å². The minimum Gasteiger partial charge on any atom is -0.328 e. The van der Waals surface area contributed by atoms with Crippen molar-refractivity contribution >= 4 is 34.5 Å². The van der Waals surface area contributed by atoms with E-state index in [1.165, 1.54) is 14.7 Å². The molecule has 0 unspecified atom stereocenters. The van der Waals surface area contributed by atoms with Crippen LogP contribution < -0.4 is 11.2 Å². The lowest BCUT2D eigenvalue weighted by Crippen LogP contribution is -2.39. The molecule has 2 heterocycles. The summed E-state index contributed by atoms with van der Waals surface area (Å²) in [4.78, 5) is 29.1. The second-order valence-corrected chi connectivity index (χ2v) is 7.40. The molecular weight excluding hydrogens is 360 g/mol. The SMILES string of the molecule is Cn1cnc2c1c(=O)n(CCCSCc1cccc(Cl)c1)c(=O)n2C. The molecule has 0 atom stereocenters. The van der Waals surface area contributed by atoms with Gasteiger partial charge in [0.05, 0.1) is 6.33 Å². The highest BCUT2D eigenvalue weighted by Gasteiger charge is 2.14. The Morgan fingerprint density at radius 3 is 2.80 bits per heavy atom. The van der Waals surface area contributed by atoms with E-state index < -0.39 is 0 Å². The average molecular weight is 379 g/mol. The van der Waals surface area contributed by atoms with Crippen LogP contribution in [-0.2, 0) is 26.4 Å². The Bertz CT molecular complexity index is 1020. The lowest BCUT2D eigenvalue weighted by molar-refractivity contribution is 0.594. The van der Waals surface area contributed by atoms with Crippen molar-refractivity contribution in [2.45, 2.75) is 18.7 Å². The van der Waals surface area contributed by atoms with Gasteiger partial charge in [0.1, 0.15) is 0 Å². The molecule has 0 spiro atoms. The number of rotatable bonds is 6. The normalized spacial score (nSPS) is 11.3. The lowest BCUT2D eigenvalue weighted by atomic mass is 10.2. The van der Waals surface area contributed by atoms with Gasteiger partial charge in [-0.2, -0.15) is 11.8 Å². The molecule has 0 aliphatic rings. The molecule has 0 aliphatic heterocycles. The molecule has 0 saturated carbocycles. The van der Waals surface area contributed by atoms with Crippen LogP contribution in [0.5, 0.6) is 0 Å². The Morgan fingerprint density at radius 2 is 2.04 bits per heavy atom. The molecule has 6 nitrogen and oxygen atoms in total. The maximum atomic E-state index is 12.6. The molecule has 1 aromatic carbocycles. The molecule has 132 valence electrons. The zero-order valence-electron chi connectivity index (χ0n) is 14.1. The van der Waals surface area contributed by atoms with Crippen molar-refractivity contribution in [3.8, 4) is 0 Å². The van der Waals surface area contributed by atoms with E-state index in [0.29, 0.717) is 17.7 Å². The first-order valence-electron chi connectivity index (χ1n) is 7.92. The highest BCUT2D eigenvalue weighted by Crippen LogP contribution is 2.17. The minimum atomic E-state index is -0.323. The van der Waals surface area contributed by atoms with Gasteiger partial charge in [0.15, 0.2) is 11.2 Å². The molecule has 8 heteroatoms. The van der Waals surface area contributed by atoms with Gasteiger partial charge >= 0.3 is 5.69 Å². The molecular formula is C17H19ClN4O2S. The van der Waals surface area contributed by atoms with Gasteiger partial charge in [-0.15, -0.1) is 0 Å². The molecule has 0 radical (unpaired) electrons. The van der Waals surface area contributed by atoms with E-state index >= 15 is 0 Å². The summed E-state index contributed by atoms with van der Waals surface area (Å²) in [7, 11) is 3.40. The van der Waals surface area contributed by atoms with Crippen LogP contribution in [0.15, 0.2) is 40.2 Å². The van der Waals surface area contributed by atoms with Crippen LogP contribution in [0, 0.1) is 0 Å². The van der Waals surface area contributed by atoms with Gasteiger partial charge in [-0.3, -0.25) is 13.9 Å². The van der Waals surface area contributed by atoms with Gasteiger partial charge in [-0.1, -0.05) is 23.7 Å². The van der Waals surface area contributed by atoms with E-state index in [1.807, 2.05) is 24.3 Å². The van der Waals surface area contributed by atoms with Crippen molar-refractivity contribution in [3.05, 3.63) is 62.0 Å². The Morgan fingerprint density at radius 1 is 1.24 bits per heavy atom. The molecule has 3 aromatic rings. The number of imidazole rings is 1. The molecule has 3 rings (SSSR count). The Hall–Kier alpha value is -1.99. The number of aryl methyl sites for hydroxylation is 2. The number of benzene rings is 1. The number of fused-ring (bicyclic) bond motifs is 1. The van der Waals surface area contributed by atoms with Crippen molar-refractivity contribution in [1.29, 1.82) is 0 Å². The fourth-order valence-electron chi connectivity index (χ4n) is 2.73. The number of aromatic nitrogens is 4. The van der Waals surface area contributed by atoms with Crippen molar-refractivity contribution < 1.29 is 0 Å². The summed E-state index contributed by atoms with van der Waals surface area (Å²) in [6.07, 6.45) is 2.29. The van der Waals surface area contributed by atoms with Crippen LogP contribution >= 0.6 is 23.4 Å². The van der Waals surface area contributed by atoms with E-state index in [4.69, 9.17) is 11.6 Å². The summed E-state index contributed by atoms with van der Waals surface area (Å²) >= 11 is 7.73. The van der Waals surface area contributed by atoms with Gasteiger partial charge in [0.25, 0.3) is 5.56 Å². The third-order valence-corrected chi connectivity index (χ3v) is 5.38. The quantitative estimate of drug-likeness (QED) is 0.618. The number of hydrogen-bond acceptors (Lipinski definition) is 4. The van der Waals surface area contributed by atoms with E-state index in [9.17, 15) is 9.59 Å². The smallest absolute Gasteiger partial charge is 0.328 e. The van der Waals surface area contributed by atoms with Crippen molar-refractivity contribution in [3.63, 3.8) is 0 Å². The van der Waals surface area contributed by atoms with Crippen LogP contribution in [0.1, 0.15) is 12.0 Å². The fourth-order valence-corrected chi connectivity index (χ4v) is 3.84. The first-order valence-corrected chi connectivity index (χ1v) is 9.45. The molecule has 0 saturated heterocycles. The summed E-state index contributed by atoms with van der Waals surface area (Å²) in [5.41, 5.74) is 1.44. The van der Waals surface area contributed by atoms with Gasteiger partial charge in [0, 0.05) is 31.4 Å².